The van der Waals surface area contributed by atoms with Crippen LogP contribution in [0.3, 0.4) is 0 Å². The Labute approximate surface area is 157 Å². The number of aromatic nitrogens is 1. The first-order valence-corrected chi connectivity index (χ1v) is 8.64. The summed E-state index contributed by atoms with van der Waals surface area (Å²) in [4.78, 5) is 14.5. The number of amides is 1. The molecule has 1 atom stereocenters. The van der Waals surface area contributed by atoms with Gasteiger partial charge in [0.1, 0.15) is 0 Å². The molecule has 5 nitrogen and oxygen atoms in total. The van der Waals surface area contributed by atoms with Gasteiger partial charge in [0.05, 0.1) is 6.04 Å². The zero-order chi connectivity index (χ0) is 18.5. The van der Waals surface area contributed by atoms with E-state index in [-0.39, 0.29) is 17.6 Å². The predicted octanol–water partition coefficient (Wildman–Crippen LogP) is 4.03. The number of nitrogens with one attached hydrogen (secondary N) is 1. The molecule has 3 rings (SSSR count). The topological polar surface area (TPSA) is 58.4 Å². The normalized spacial score (nSPS) is 12.2. The first kappa shape index (κ1) is 18.2. The monoisotopic (exact) mass is 369 g/mol. The SMILES string of the molecule is CN(C)[C@H](CNC(=O)c1cc(-c2ccc(Cl)cc2)on1)c1ccccc1. The van der Waals surface area contributed by atoms with Gasteiger partial charge in [-0.2, -0.15) is 0 Å². The molecule has 0 saturated carbocycles. The zero-order valence-electron chi connectivity index (χ0n) is 14.6. The van der Waals surface area contributed by atoms with Gasteiger partial charge in [-0.15, -0.1) is 0 Å². The summed E-state index contributed by atoms with van der Waals surface area (Å²) >= 11 is 5.89. The van der Waals surface area contributed by atoms with E-state index in [1.165, 1.54) is 0 Å². The molecule has 1 aromatic heterocycles. The van der Waals surface area contributed by atoms with Crippen molar-refractivity contribution in [3.8, 4) is 11.3 Å². The Morgan fingerprint density at radius 1 is 1.15 bits per heavy atom. The number of likely N-dealkylation sites (N-methyl/N-ethyl adjacent to an activating group) is 1. The molecule has 1 amide bonds. The van der Waals surface area contributed by atoms with Gasteiger partial charge >= 0.3 is 0 Å². The molecular weight excluding hydrogens is 350 g/mol. The van der Waals surface area contributed by atoms with Crippen LogP contribution in [0.25, 0.3) is 11.3 Å². The Hall–Kier alpha value is -2.63. The summed E-state index contributed by atoms with van der Waals surface area (Å²) in [5, 5.41) is 7.45. The lowest BCUT2D eigenvalue weighted by Gasteiger charge is -2.24. The van der Waals surface area contributed by atoms with Crippen molar-refractivity contribution >= 4 is 17.5 Å². The minimum absolute atomic E-state index is 0.0720. The van der Waals surface area contributed by atoms with E-state index in [0.717, 1.165) is 11.1 Å². The average molecular weight is 370 g/mol. The largest absolute Gasteiger partial charge is 0.355 e. The lowest BCUT2D eigenvalue weighted by Crippen LogP contribution is -2.34. The molecule has 0 radical (unpaired) electrons. The number of halogens is 1. The molecule has 1 heterocycles. The van der Waals surface area contributed by atoms with E-state index >= 15 is 0 Å². The number of carbonyl (C=O) groups excluding carboxylic acids is 1. The maximum absolute atomic E-state index is 12.4. The number of benzene rings is 2. The Bertz CT molecular complexity index is 860. The van der Waals surface area contributed by atoms with Gasteiger partial charge in [0.25, 0.3) is 5.91 Å². The van der Waals surface area contributed by atoms with Gasteiger partial charge in [0.2, 0.25) is 0 Å². The molecule has 6 heteroatoms. The number of nitrogens with zero attached hydrogens (tertiary/aromatic N) is 2. The standard InChI is InChI=1S/C20H20ClN3O2/c1-24(2)18(14-6-4-3-5-7-14)13-22-20(25)17-12-19(26-23-17)15-8-10-16(21)11-9-15/h3-12,18H,13H2,1-2H3,(H,22,25)/t18-/m1/s1. The summed E-state index contributed by atoms with van der Waals surface area (Å²) in [7, 11) is 3.97. The molecule has 3 aromatic rings. The molecule has 134 valence electrons. The minimum atomic E-state index is -0.267. The molecule has 1 N–H and O–H groups in total. The summed E-state index contributed by atoms with van der Waals surface area (Å²) in [6.45, 7) is 0.471. The van der Waals surface area contributed by atoms with Crippen LogP contribution in [0.5, 0.6) is 0 Å². The van der Waals surface area contributed by atoms with Crippen LogP contribution < -0.4 is 5.32 Å². The first-order chi connectivity index (χ1) is 12.5. The van der Waals surface area contributed by atoms with Crippen molar-refractivity contribution in [2.45, 2.75) is 6.04 Å². The number of rotatable bonds is 6. The molecule has 0 aliphatic carbocycles. The molecule has 0 spiro atoms. The van der Waals surface area contributed by atoms with Crippen molar-refractivity contribution in [2.24, 2.45) is 0 Å². The van der Waals surface area contributed by atoms with Crippen LogP contribution in [0.2, 0.25) is 5.02 Å². The summed E-state index contributed by atoms with van der Waals surface area (Å²) in [6.07, 6.45) is 0. The van der Waals surface area contributed by atoms with E-state index < -0.39 is 0 Å². The van der Waals surface area contributed by atoms with Crippen LogP contribution >= 0.6 is 11.6 Å². The van der Waals surface area contributed by atoms with Gasteiger partial charge in [-0.1, -0.05) is 47.1 Å². The third kappa shape index (κ3) is 4.31. The molecule has 26 heavy (non-hydrogen) atoms. The number of hydrogen-bond donors (Lipinski definition) is 1. The third-order valence-electron chi connectivity index (χ3n) is 4.14. The van der Waals surface area contributed by atoms with Crippen molar-refractivity contribution in [3.05, 3.63) is 76.9 Å². The smallest absolute Gasteiger partial charge is 0.273 e. The van der Waals surface area contributed by atoms with Crippen LogP contribution in [-0.2, 0) is 0 Å². The molecule has 0 fully saturated rings. The molecule has 0 unspecified atom stereocenters. The van der Waals surface area contributed by atoms with E-state index in [1.54, 1.807) is 18.2 Å². The fourth-order valence-corrected chi connectivity index (χ4v) is 2.81. The van der Waals surface area contributed by atoms with E-state index in [9.17, 15) is 4.79 Å². The summed E-state index contributed by atoms with van der Waals surface area (Å²) in [5.41, 5.74) is 2.21. The second kappa shape index (κ2) is 8.17. The van der Waals surface area contributed by atoms with Crippen molar-refractivity contribution in [1.29, 1.82) is 0 Å². The number of carbonyl (C=O) groups is 1. The molecule has 2 aromatic carbocycles. The lowest BCUT2D eigenvalue weighted by molar-refractivity contribution is 0.0933. The highest BCUT2D eigenvalue weighted by atomic mass is 35.5. The quantitative estimate of drug-likeness (QED) is 0.712. The molecular formula is C20H20ClN3O2. The van der Waals surface area contributed by atoms with Crippen LogP contribution in [-0.4, -0.2) is 36.6 Å². The molecule has 0 bridgehead atoms. The maximum Gasteiger partial charge on any atom is 0.273 e. The lowest BCUT2D eigenvalue weighted by atomic mass is 10.1. The molecule has 0 aliphatic rings. The molecule has 0 saturated heterocycles. The van der Waals surface area contributed by atoms with Crippen LogP contribution in [0.1, 0.15) is 22.1 Å². The summed E-state index contributed by atoms with van der Waals surface area (Å²) < 4.78 is 5.29. The Morgan fingerprint density at radius 2 is 1.85 bits per heavy atom. The van der Waals surface area contributed by atoms with Crippen molar-refractivity contribution in [1.82, 2.24) is 15.4 Å². The van der Waals surface area contributed by atoms with Gasteiger partial charge in [0, 0.05) is 23.2 Å². The second-order valence-electron chi connectivity index (χ2n) is 6.18. The van der Waals surface area contributed by atoms with E-state index in [2.05, 4.69) is 15.4 Å². The zero-order valence-corrected chi connectivity index (χ0v) is 15.4. The molecule has 0 aliphatic heterocycles. The number of hydrogen-bond acceptors (Lipinski definition) is 4. The van der Waals surface area contributed by atoms with E-state index in [1.807, 2.05) is 56.6 Å². The summed E-state index contributed by atoms with van der Waals surface area (Å²) in [6, 6.07) is 18.9. The van der Waals surface area contributed by atoms with Crippen molar-refractivity contribution in [3.63, 3.8) is 0 Å². The van der Waals surface area contributed by atoms with Crippen LogP contribution in [0, 0.1) is 0 Å². The van der Waals surface area contributed by atoms with Crippen molar-refractivity contribution < 1.29 is 9.32 Å². The minimum Gasteiger partial charge on any atom is -0.355 e. The fourth-order valence-electron chi connectivity index (χ4n) is 2.69. The maximum atomic E-state index is 12.4. The van der Waals surface area contributed by atoms with Gasteiger partial charge in [-0.05, 0) is 43.9 Å². The fraction of sp³-hybridized carbons (Fsp3) is 0.200. The Balaban J connectivity index is 1.67. The van der Waals surface area contributed by atoms with E-state index in [0.29, 0.717) is 17.3 Å². The van der Waals surface area contributed by atoms with Gasteiger partial charge in [-0.25, -0.2) is 0 Å². The highest BCUT2D eigenvalue weighted by Crippen LogP contribution is 2.22. The Morgan fingerprint density at radius 3 is 2.50 bits per heavy atom. The Kier molecular flexibility index (Phi) is 5.71. The van der Waals surface area contributed by atoms with Gasteiger partial charge in [-0.3, -0.25) is 4.79 Å². The highest BCUT2D eigenvalue weighted by molar-refractivity contribution is 6.30. The van der Waals surface area contributed by atoms with Crippen molar-refractivity contribution in [2.75, 3.05) is 20.6 Å². The van der Waals surface area contributed by atoms with Crippen LogP contribution in [0.15, 0.2) is 65.2 Å². The van der Waals surface area contributed by atoms with E-state index in [4.69, 9.17) is 16.1 Å². The first-order valence-electron chi connectivity index (χ1n) is 8.27. The third-order valence-corrected chi connectivity index (χ3v) is 4.39. The highest BCUT2D eigenvalue weighted by Gasteiger charge is 2.18. The summed E-state index contributed by atoms with van der Waals surface area (Å²) in [5.74, 6) is 0.260. The van der Waals surface area contributed by atoms with Crippen LogP contribution in [0.4, 0.5) is 0 Å². The average Bonchev–Trinajstić information content (AvgIpc) is 3.13. The second-order valence-corrected chi connectivity index (χ2v) is 6.62. The predicted molar refractivity (Wildman–Crippen MR) is 102 cm³/mol. The van der Waals surface area contributed by atoms with Gasteiger partial charge < -0.3 is 14.7 Å². The van der Waals surface area contributed by atoms with Gasteiger partial charge in [0.15, 0.2) is 11.5 Å².